The molecule has 0 aliphatic heterocycles. The van der Waals surface area contributed by atoms with Gasteiger partial charge in [-0.2, -0.15) is 0 Å². The maximum atomic E-state index is 12.1. The molecule has 0 spiro atoms. The topological polar surface area (TPSA) is 86.3 Å². The molecule has 0 heterocycles. The van der Waals surface area contributed by atoms with Crippen LogP contribution in [0.3, 0.4) is 0 Å². The number of aryl methyl sites for hydroxylation is 1. The molecule has 1 amide bonds. The normalized spacial score (nSPS) is 10.6. The van der Waals surface area contributed by atoms with Crippen LogP contribution in [0.2, 0.25) is 0 Å². The second-order valence-electron chi connectivity index (χ2n) is 4.27. The molecule has 5 nitrogen and oxygen atoms in total. The van der Waals surface area contributed by atoms with E-state index in [0.717, 1.165) is 11.6 Å². The maximum absolute atomic E-state index is 12.1. The van der Waals surface area contributed by atoms with E-state index in [2.05, 4.69) is 5.32 Å². The molecule has 0 fully saturated rings. The van der Waals surface area contributed by atoms with Crippen molar-refractivity contribution in [2.45, 2.75) is 11.8 Å². The Kier molecular flexibility index (Phi) is 6.12. The third-order valence-electron chi connectivity index (χ3n) is 2.68. The summed E-state index contributed by atoms with van der Waals surface area (Å²) in [5.41, 5.74) is 1.32. The van der Waals surface area contributed by atoms with E-state index in [4.69, 9.17) is 0 Å². The number of anilines is 1. The number of carbonyl (C=O) groups excluding carboxylic acids is 1. The third-order valence-corrected chi connectivity index (χ3v) is 3.57. The number of benzene rings is 2. The number of amides is 1. The first-order valence-electron chi connectivity index (χ1n) is 5.81. The molecule has 0 atom stereocenters. The molecule has 0 aliphatic carbocycles. The van der Waals surface area contributed by atoms with Crippen molar-refractivity contribution >= 4 is 21.7 Å². The summed E-state index contributed by atoms with van der Waals surface area (Å²) in [6.45, 7) is 1.87. The van der Waals surface area contributed by atoms with Crippen molar-refractivity contribution < 1.29 is 47.3 Å². The fraction of sp³-hybridized carbons (Fsp3) is 0.0714. The van der Waals surface area contributed by atoms with Gasteiger partial charge in [0.15, 0.2) is 0 Å². The molecule has 1 N–H and O–H groups in total. The van der Waals surface area contributed by atoms with Gasteiger partial charge in [-0.15, -0.1) is 0 Å². The van der Waals surface area contributed by atoms with E-state index >= 15 is 0 Å². The maximum Gasteiger partial charge on any atom is 1.00 e. The number of hydrogen-bond acceptors (Lipinski definition) is 4. The Balaban J connectivity index is 0.00000220. The summed E-state index contributed by atoms with van der Waals surface area (Å²) in [7, 11) is -4.69. The average molecular weight is 313 g/mol. The van der Waals surface area contributed by atoms with E-state index in [0.29, 0.717) is 5.69 Å². The quantitative estimate of drug-likeness (QED) is 0.591. The van der Waals surface area contributed by atoms with Crippen LogP contribution < -0.4 is 34.9 Å². The predicted octanol–water partition coefficient (Wildman–Crippen LogP) is -0.845. The van der Waals surface area contributed by atoms with Crippen LogP contribution in [0.25, 0.3) is 0 Å². The summed E-state index contributed by atoms with van der Waals surface area (Å²) in [6.07, 6.45) is 0. The fourth-order valence-electron chi connectivity index (χ4n) is 1.79. The van der Waals surface area contributed by atoms with Gasteiger partial charge >= 0.3 is 29.6 Å². The number of nitrogens with one attached hydrogen (secondary N) is 1. The molecular weight excluding hydrogens is 301 g/mol. The Morgan fingerprint density at radius 1 is 1.10 bits per heavy atom. The second-order valence-corrected chi connectivity index (χ2v) is 5.62. The van der Waals surface area contributed by atoms with E-state index in [-0.39, 0.29) is 35.1 Å². The summed E-state index contributed by atoms with van der Waals surface area (Å²) in [4.78, 5) is 11.6. The molecule has 0 saturated heterocycles. The fourth-order valence-corrected chi connectivity index (χ4v) is 2.47. The van der Waals surface area contributed by atoms with Gasteiger partial charge in [0, 0.05) is 5.69 Å². The molecule has 0 bridgehead atoms. The van der Waals surface area contributed by atoms with Crippen LogP contribution >= 0.6 is 0 Å². The zero-order chi connectivity index (χ0) is 14.8. The third kappa shape index (κ3) is 4.66. The van der Waals surface area contributed by atoms with Crippen LogP contribution in [-0.2, 0) is 10.1 Å². The van der Waals surface area contributed by atoms with Crippen LogP contribution in [0.1, 0.15) is 15.9 Å². The Hall–Kier alpha value is -1.18. The van der Waals surface area contributed by atoms with Crippen molar-refractivity contribution in [1.29, 1.82) is 0 Å². The van der Waals surface area contributed by atoms with Gasteiger partial charge in [-0.25, -0.2) is 8.42 Å². The molecule has 0 unspecified atom stereocenters. The first-order chi connectivity index (χ1) is 9.38. The SMILES string of the molecule is Cc1cccc(NC(=O)c2ccccc2S(=O)(=O)[O-])c1.[Na+]. The minimum Gasteiger partial charge on any atom is -0.744 e. The van der Waals surface area contributed by atoms with Crippen molar-refractivity contribution in [2.75, 3.05) is 5.32 Å². The average Bonchev–Trinajstić information content (AvgIpc) is 2.37. The number of rotatable bonds is 3. The van der Waals surface area contributed by atoms with Crippen LogP contribution in [0, 0.1) is 6.92 Å². The van der Waals surface area contributed by atoms with Gasteiger partial charge in [0.25, 0.3) is 5.91 Å². The van der Waals surface area contributed by atoms with Gasteiger partial charge in [0.05, 0.1) is 10.5 Å². The Bertz CT molecular complexity index is 759. The number of carbonyl (C=O) groups is 1. The molecule has 2 rings (SSSR count). The smallest absolute Gasteiger partial charge is 0.744 e. The molecule has 0 radical (unpaired) electrons. The Morgan fingerprint density at radius 2 is 1.76 bits per heavy atom. The molecule has 21 heavy (non-hydrogen) atoms. The number of hydrogen-bond donors (Lipinski definition) is 1. The molecule has 0 aromatic heterocycles. The van der Waals surface area contributed by atoms with Crippen molar-refractivity contribution in [3.8, 4) is 0 Å². The van der Waals surface area contributed by atoms with Crippen LogP contribution in [0.15, 0.2) is 53.4 Å². The molecule has 2 aromatic rings. The van der Waals surface area contributed by atoms with E-state index in [1.807, 2.05) is 13.0 Å². The van der Waals surface area contributed by atoms with Gasteiger partial charge in [0.1, 0.15) is 10.1 Å². The molecule has 0 aliphatic rings. The monoisotopic (exact) mass is 313 g/mol. The van der Waals surface area contributed by atoms with Crippen molar-refractivity contribution in [3.05, 3.63) is 59.7 Å². The second kappa shape index (κ2) is 7.20. The van der Waals surface area contributed by atoms with Gasteiger partial charge < -0.3 is 9.87 Å². The molecule has 0 saturated carbocycles. The molecule has 7 heteroatoms. The van der Waals surface area contributed by atoms with E-state index < -0.39 is 20.9 Å². The van der Waals surface area contributed by atoms with Gasteiger partial charge in [-0.1, -0.05) is 24.3 Å². The van der Waals surface area contributed by atoms with Crippen molar-refractivity contribution in [1.82, 2.24) is 0 Å². The molecule has 2 aromatic carbocycles. The Labute approximate surface area is 145 Å². The zero-order valence-corrected chi connectivity index (χ0v) is 14.5. The van der Waals surface area contributed by atoms with E-state index in [9.17, 15) is 17.8 Å². The zero-order valence-electron chi connectivity index (χ0n) is 11.7. The summed E-state index contributed by atoms with van der Waals surface area (Å²) < 4.78 is 33.4. The molecule has 104 valence electrons. The summed E-state index contributed by atoms with van der Waals surface area (Å²) >= 11 is 0. The van der Waals surface area contributed by atoms with Crippen LogP contribution in [0.4, 0.5) is 5.69 Å². The Morgan fingerprint density at radius 3 is 2.38 bits per heavy atom. The summed E-state index contributed by atoms with van der Waals surface area (Å²) in [5, 5.41) is 2.57. The minimum atomic E-state index is -4.69. The van der Waals surface area contributed by atoms with Gasteiger partial charge in [-0.05, 0) is 36.8 Å². The van der Waals surface area contributed by atoms with Gasteiger partial charge in [0.2, 0.25) is 0 Å². The first kappa shape index (κ1) is 17.9. The minimum absolute atomic E-state index is 0. The summed E-state index contributed by atoms with van der Waals surface area (Å²) in [6, 6.07) is 12.4. The largest absolute Gasteiger partial charge is 1.00 e. The van der Waals surface area contributed by atoms with Crippen LogP contribution in [0.5, 0.6) is 0 Å². The van der Waals surface area contributed by atoms with Crippen LogP contribution in [-0.4, -0.2) is 18.9 Å². The van der Waals surface area contributed by atoms with Crippen molar-refractivity contribution in [2.24, 2.45) is 0 Å². The van der Waals surface area contributed by atoms with E-state index in [1.165, 1.54) is 18.2 Å². The predicted molar refractivity (Wildman–Crippen MR) is 73.5 cm³/mol. The summed E-state index contributed by atoms with van der Waals surface area (Å²) in [5.74, 6) is -0.634. The first-order valence-corrected chi connectivity index (χ1v) is 7.22. The van der Waals surface area contributed by atoms with Crippen molar-refractivity contribution in [3.63, 3.8) is 0 Å². The standard InChI is InChI=1S/C14H13NO4S.Na/c1-10-5-4-6-11(9-10)15-14(16)12-7-2-3-8-13(12)20(17,18)19;/h2-9H,1H3,(H,15,16)(H,17,18,19);/q;+1/p-1. The molecular formula is C14H12NNaO4S. The van der Waals surface area contributed by atoms with E-state index in [1.54, 1.807) is 18.2 Å². The van der Waals surface area contributed by atoms with Gasteiger partial charge in [-0.3, -0.25) is 4.79 Å².